The first-order valence-corrected chi connectivity index (χ1v) is 8.16. The molecule has 2 N–H and O–H groups in total. The van der Waals surface area contributed by atoms with E-state index in [-0.39, 0.29) is 18.7 Å². The largest absolute Gasteiger partial charge is 0.417 e. The molecule has 0 radical (unpaired) electrons. The van der Waals surface area contributed by atoms with E-state index in [1.807, 2.05) is 0 Å². The van der Waals surface area contributed by atoms with Gasteiger partial charge >= 0.3 is 6.18 Å². The SMILES string of the molecule is Cc1ccc(C(=O)NCCNC(=O)Cn2cc(C(F)(F)F)ccc2=O)cc1F. The van der Waals surface area contributed by atoms with Crippen molar-refractivity contribution in [1.29, 1.82) is 0 Å². The fraction of sp³-hybridized carbons (Fsp3) is 0.278. The van der Waals surface area contributed by atoms with Crippen LogP contribution in [-0.4, -0.2) is 29.5 Å². The topological polar surface area (TPSA) is 80.2 Å². The number of benzene rings is 1. The van der Waals surface area contributed by atoms with Crippen molar-refractivity contribution in [3.8, 4) is 0 Å². The molecule has 10 heteroatoms. The number of nitrogens with one attached hydrogen (secondary N) is 2. The van der Waals surface area contributed by atoms with Gasteiger partial charge < -0.3 is 15.2 Å². The predicted molar refractivity (Wildman–Crippen MR) is 92.2 cm³/mol. The highest BCUT2D eigenvalue weighted by Gasteiger charge is 2.31. The molecule has 1 aromatic heterocycles. The smallest absolute Gasteiger partial charge is 0.353 e. The van der Waals surface area contributed by atoms with Crippen LogP contribution in [0.2, 0.25) is 0 Å². The van der Waals surface area contributed by atoms with Gasteiger partial charge in [-0.05, 0) is 30.7 Å². The van der Waals surface area contributed by atoms with Gasteiger partial charge in [-0.2, -0.15) is 13.2 Å². The zero-order valence-electron chi connectivity index (χ0n) is 14.8. The summed E-state index contributed by atoms with van der Waals surface area (Å²) in [6, 6.07) is 5.37. The fourth-order valence-electron chi connectivity index (χ4n) is 2.25. The van der Waals surface area contributed by atoms with E-state index in [2.05, 4.69) is 10.6 Å². The molecule has 2 amide bonds. The highest BCUT2D eigenvalue weighted by Crippen LogP contribution is 2.27. The van der Waals surface area contributed by atoms with E-state index in [0.717, 1.165) is 12.1 Å². The van der Waals surface area contributed by atoms with Crippen LogP contribution in [0, 0.1) is 12.7 Å². The number of pyridine rings is 1. The molecule has 0 bridgehead atoms. The number of alkyl halides is 3. The third-order valence-corrected chi connectivity index (χ3v) is 3.79. The van der Waals surface area contributed by atoms with Crippen molar-refractivity contribution in [3.63, 3.8) is 0 Å². The maximum atomic E-state index is 13.4. The summed E-state index contributed by atoms with van der Waals surface area (Å²) in [5.41, 5.74) is -1.28. The number of nitrogens with zero attached hydrogens (tertiary/aromatic N) is 1. The van der Waals surface area contributed by atoms with Crippen molar-refractivity contribution in [2.24, 2.45) is 0 Å². The lowest BCUT2D eigenvalue weighted by atomic mass is 10.1. The second-order valence-corrected chi connectivity index (χ2v) is 5.95. The first-order valence-electron chi connectivity index (χ1n) is 8.16. The number of carbonyl (C=O) groups excluding carboxylic acids is 2. The molecule has 1 aromatic carbocycles. The van der Waals surface area contributed by atoms with Crippen LogP contribution >= 0.6 is 0 Å². The average Bonchev–Trinajstić information content (AvgIpc) is 2.61. The van der Waals surface area contributed by atoms with E-state index in [4.69, 9.17) is 0 Å². The summed E-state index contributed by atoms with van der Waals surface area (Å²) < 4.78 is 52.1. The van der Waals surface area contributed by atoms with Gasteiger partial charge in [-0.1, -0.05) is 6.07 Å². The van der Waals surface area contributed by atoms with E-state index < -0.39 is 41.5 Å². The van der Waals surface area contributed by atoms with Crippen LogP contribution in [0.3, 0.4) is 0 Å². The minimum Gasteiger partial charge on any atom is -0.353 e. The summed E-state index contributed by atoms with van der Waals surface area (Å²) in [4.78, 5) is 35.3. The van der Waals surface area contributed by atoms with Crippen molar-refractivity contribution in [1.82, 2.24) is 15.2 Å². The molecular weight excluding hydrogens is 382 g/mol. The van der Waals surface area contributed by atoms with Crippen LogP contribution in [0.4, 0.5) is 17.6 Å². The van der Waals surface area contributed by atoms with Gasteiger partial charge in [0.2, 0.25) is 5.91 Å². The Morgan fingerprint density at radius 2 is 1.75 bits per heavy atom. The maximum Gasteiger partial charge on any atom is 0.417 e. The van der Waals surface area contributed by atoms with Crippen LogP contribution in [0.5, 0.6) is 0 Å². The molecule has 0 spiro atoms. The number of aryl methyl sites for hydroxylation is 1. The van der Waals surface area contributed by atoms with Crippen LogP contribution in [0.15, 0.2) is 41.3 Å². The standard InChI is InChI=1S/C18H17F4N3O3/c1-11-2-3-12(8-14(11)19)17(28)24-7-6-23-15(26)10-25-9-13(18(20,21)22)4-5-16(25)27/h2-5,8-9H,6-7,10H2,1H3,(H,23,26)(H,24,28). The van der Waals surface area contributed by atoms with Gasteiger partial charge in [-0.15, -0.1) is 0 Å². The molecule has 0 unspecified atom stereocenters. The quantitative estimate of drug-likeness (QED) is 0.575. The molecule has 0 aliphatic rings. The summed E-state index contributed by atoms with van der Waals surface area (Å²) in [5.74, 6) is -1.76. The molecule has 0 aliphatic heterocycles. The molecular formula is C18H17F4N3O3. The minimum absolute atomic E-state index is 0.0115. The van der Waals surface area contributed by atoms with Crippen molar-refractivity contribution in [3.05, 3.63) is 69.4 Å². The summed E-state index contributed by atoms with van der Waals surface area (Å²) in [5, 5.41) is 4.84. The van der Waals surface area contributed by atoms with Crippen molar-refractivity contribution in [2.75, 3.05) is 13.1 Å². The number of hydrogen-bond donors (Lipinski definition) is 2. The Morgan fingerprint density at radius 3 is 2.39 bits per heavy atom. The first kappa shape index (κ1) is 21.1. The second-order valence-electron chi connectivity index (χ2n) is 5.95. The lowest BCUT2D eigenvalue weighted by molar-refractivity contribution is -0.138. The second kappa shape index (κ2) is 8.68. The zero-order valence-corrected chi connectivity index (χ0v) is 14.8. The van der Waals surface area contributed by atoms with Crippen molar-refractivity contribution in [2.45, 2.75) is 19.6 Å². The van der Waals surface area contributed by atoms with Gasteiger partial charge in [0, 0.05) is 30.9 Å². The number of halogens is 4. The molecule has 0 saturated carbocycles. The van der Waals surface area contributed by atoms with E-state index in [0.29, 0.717) is 22.4 Å². The van der Waals surface area contributed by atoms with Gasteiger partial charge in [0.1, 0.15) is 12.4 Å². The number of aromatic nitrogens is 1. The Kier molecular flexibility index (Phi) is 6.55. The Morgan fingerprint density at radius 1 is 1.07 bits per heavy atom. The zero-order chi connectivity index (χ0) is 20.9. The Balaban J connectivity index is 1.84. The van der Waals surface area contributed by atoms with Crippen LogP contribution in [0.1, 0.15) is 21.5 Å². The fourth-order valence-corrected chi connectivity index (χ4v) is 2.25. The van der Waals surface area contributed by atoms with Gasteiger partial charge in [-0.3, -0.25) is 14.4 Å². The summed E-state index contributed by atoms with van der Waals surface area (Å²) in [6.45, 7) is 0.951. The van der Waals surface area contributed by atoms with Crippen molar-refractivity contribution >= 4 is 11.8 Å². The molecule has 0 fully saturated rings. The molecule has 1 heterocycles. The summed E-state index contributed by atoms with van der Waals surface area (Å²) in [7, 11) is 0. The highest BCUT2D eigenvalue weighted by atomic mass is 19.4. The molecule has 0 aliphatic carbocycles. The first-order chi connectivity index (χ1) is 13.1. The molecule has 2 aromatic rings. The lowest BCUT2D eigenvalue weighted by Crippen LogP contribution is -2.37. The molecule has 0 atom stereocenters. The minimum atomic E-state index is -4.63. The van der Waals surface area contributed by atoms with Gasteiger partial charge in [0.25, 0.3) is 11.5 Å². The van der Waals surface area contributed by atoms with E-state index in [1.165, 1.54) is 12.1 Å². The normalized spacial score (nSPS) is 11.2. The maximum absolute atomic E-state index is 13.4. The Bertz CT molecular complexity index is 938. The predicted octanol–water partition coefficient (Wildman–Crippen LogP) is 1.86. The summed E-state index contributed by atoms with van der Waals surface area (Å²) in [6.07, 6.45) is -4.07. The average molecular weight is 399 g/mol. The molecule has 0 saturated heterocycles. The molecule has 2 rings (SSSR count). The highest BCUT2D eigenvalue weighted by molar-refractivity contribution is 5.94. The lowest BCUT2D eigenvalue weighted by Gasteiger charge is -2.11. The monoisotopic (exact) mass is 399 g/mol. The number of amides is 2. The van der Waals surface area contributed by atoms with Gasteiger partial charge in [0.05, 0.1) is 5.56 Å². The molecule has 28 heavy (non-hydrogen) atoms. The molecule has 150 valence electrons. The van der Waals surface area contributed by atoms with E-state index >= 15 is 0 Å². The van der Waals surface area contributed by atoms with Crippen LogP contribution in [0.25, 0.3) is 0 Å². The Labute approximate surface area is 157 Å². The Hall–Kier alpha value is -3.17. The van der Waals surface area contributed by atoms with E-state index in [1.54, 1.807) is 6.92 Å². The third kappa shape index (κ3) is 5.66. The number of rotatable bonds is 6. The third-order valence-electron chi connectivity index (χ3n) is 3.79. The van der Waals surface area contributed by atoms with Crippen molar-refractivity contribution < 1.29 is 27.2 Å². The van der Waals surface area contributed by atoms with Crippen LogP contribution < -0.4 is 16.2 Å². The van der Waals surface area contributed by atoms with E-state index in [9.17, 15) is 31.9 Å². The van der Waals surface area contributed by atoms with Crippen LogP contribution in [-0.2, 0) is 17.5 Å². The van der Waals surface area contributed by atoms with Gasteiger partial charge in [0.15, 0.2) is 0 Å². The number of hydrogen-bond acceptors (Lipinski definition) is 3. The summed E-state index contributed by atoms with van der Waals surface area (Å²) >= 11 is 0. The molecule has 6 nitrogen and oxygen atoms in total. The number of carbonyl (C=O) groups is 2. The van der Waals surface area contributed by atoms with Gasteiger partial charge in [-0.25, -0.2) is 4.39 Å².